The number of aliphatic carboxylic acids is 1. The van der Waals surface area contributed by atoms with Crippen LogP contribution in [0, 0.1) is 0 Å². The molecule has 1 aromatic carbocycles. The maximum absolute atomic E-state index is 12.0. The smallest absolute Gasteiger partial charge is 0.317 e. The Labute approximate surface area is 127 Å². The van der Waals surface area contributed by atoms with Crippen LogP contribution in [0.15, 0.2) is 28.7 Å². The van der Waals surface area contributed by atoms with Gasteiger partial charge < -0.3 is 10.4 Å². The highest BCUT2D eigenvalue weighted by Crippen LogP contribution is 2.15. The molecule has 1 aromatic rings. The van der Waals surface area contributed by atoms with Gasteiger partial charge in [-0.05, 0) is 31.5 Å². The fraction of sp³-hybridized carbons (Fsp3) is 0.429. The van der Waals surface area contributed by atoms with Crippen LogP contribution in [0.5, 0.6) is 0 Å². The lowest BCUT2D eigenvalue weighted by Crippen LogP contribution is -2.42. The van der Waals surface area contributed by atoms with Gasteiger partial charge in [0.25, 0.3) is 0 Å². The Balaban J connectivity index is 2.63. The van der Waals surface area contributed by atoms with Gasteiger partial charge in [0.05, 0.1) is 13.1 Å². The summed E-state index contributed by atoms with van der Waals surface area (Å²) >= 11 is 3.33. The van der Waals surface area contributed by atoms with Gasteiger partial charge in [0.15, 0.2) is 0 Å². The first-order chi connectivity index (χ1) is 9.42. The molecule has 0 saturated heterocycles. The fourth-order valence-corrected chi connectivity index (χ4v) is 2.15. The predicted molar refractivity (Wildman–Crippen MR) is 81.7 cm³/mol. The van der Waals surface area contributed by atoms with Crippen LogP contribution in [-0.2, 0) is 9.59 Å². The molecule has 0 saturated carbocycles. The zero-order valence-corrected chi connectivity index (χ0v) is 13.2. The molecule has 1 atom stereocenters. The van der Waals surface area contributed by atoms with Crippen LogP contribution >= 0.6 is 15.9 Å². The van der Waals surface area contributed by atoms with Crippen molar-refractivity contribution >= 4 is 33.5 Å². The van der Waals surface area contributed by atoms with Crippen LogP contribution in [0.25, 0.3) is 0 Å². The van der Waals surface area contributed by atoms with E-state index in [1.807, 2.05) is 26.0 Å². The molecule has 0 bridgehead atoms. The van der Waals surface area contributed by atoms with Gasteiger partial charge in [-0.3, -0.25) is 14.5 Å². The number of nitrogens with zero attached hydrogens (tertiary/aromatic N) is 1. The summed E-state index contributed by atoms with van der Waals surface area (Å²) in [5, 5.41) is 11.6. The number of hydrogen-bond acceptors (Lipinski definition) is 3. The Morgan fingerprint density at radius 1 is 1.40 bits per heavy atom. The molecule has 110 valence electrons. The van der Waals surface area contributed by atoms with Crippen molar-refractivity contribution in [2.75, 3.05) is 18.4 Å². The maximum atomic E-state index is 12.0. The van der Waals surface area contributed by atoms with Gasteiger partial charge in [-0.1, -0.05) is 28.9 Å². The van der Waals surface area contributed by atoms with Gasteiger partial charge in [0.2, 0.25) is 5.91 Å². The number of nitrogens with one attached hydrogen (secondary N) is 1. The van der Waals surface area contributed by atoms with E-state index in [9.17, 15) is 9.59 Å². The van der Waals surface area contributed by atoms with Gasteiger partial charge >= 0.3 is 5.97 Å². The highest BCUT2D eigenvalue weighted by atomic mass is 79.9. The van der Waals surface area contributed by atoms with Crippen LogP contribution in [0.1, 0.15) is 20.3 Å². The normalized spacial score (nSPS) is 12.2. The highest BCUT2D eigenvalue weighted by molar-refractivity contribution is 9.10. The quantitative estimate of drug-likeness (QED) is 0.798. The third-order valence-electron chi connectivity index (χ3n) is 3.01. The molecule has 0 spiro atoms. The minimum Gasteiger partial charge on any atom is -0.480 e. The summed E-state index contributed by atoms with van der Waals surface area (Å²) in [7, 11) is 0. The molecule has 0 aliphatic heterocycles. The van der Waals surface area contributed by atoms with Gasteiger partial charge in [0.1, 0.15) is 0 Å². The molecule has 5 nitrogen and oxygen atoms in total. The molecule has 0 aromatic heterocycles. The van der Waals surface area contributed by atoms with Crippen LogP contribution in [0.4, 0.5) is 5.69 Å². The number of benzene rings is 1. The number of amides is 1. The van der Waals surface area contributed by atoms with Crippen molar-refractivity contribution in [2.45, 2.75) is 26.3 Å². The number of anilines is 1. The zero-order chi connectivity index (χ0) is 15.1. The van der Waals surface area contributed by atoms with Gasteiger partial charge in [-0.25, -0.2) is 0 Å². The average Bonchev–Trinajstić information content (AvgIpc) is 2.36. The van der Waals surface area contributed by atoms with Crippen LogP contribution in [0.2, 0.25) is 0 Å². The second-order valence-electron chi connectivity index (χ2n) is 4.61. The first kappa shape index (κ1) is 16.7. The molecule has 1 rings (SSSR count). The first-order valence-electron chi connectivity index (χ1n) is 6.43. The number of carbonyl (C=O) groups excluding carboxylic acids is 1. The van der Waals surface area contributed by atoms with Crippen LogP contribution < -0.4 is 5.32 Å². The van der Waals surface area contributed by atoms with E-state index in [4.69, 9.17) is 5.11 Å². The fourth-order valence-electron chi connectivity index (χ4n) is 1.75. The molecule has 0 fully saturated rings. The maximum Gasteiger partial charge on any atom is 0.317 e. The lowest BCUT2D eigenvalue weighted by Gasteiger charge is -2.25. The van der Waals surface area contributed by atoms with Crippen molar-refractivity contribution in [3.05, 3.63) is 28.7 Å². The highest BCUT2D eigenvalue weighted by Gasteiger charge is 2.18. The topological polar surface area (TPSA) is 69.6 Å². The first-order valence-corrected chi connectivity index (χ1v) is 7.23. The predicted octanol–water partition coefficient (Wildman–Crippen LogP) is 2.57. The third-order valence-corrected chi connectivity index (χ3v) is 3.50. The second kappa shape index (κ2) is 8.01. The number of carboxylic acid groups (broad SMARTS) is 1. The minimum absolute atomic E-state index is 0.0411. The second-order valence-corrected chi connectivity index (χ2v) is 5.53. The molecule has 6 heteroatoms. The lowest BCUT2D eigenvalue weighted by atomic mass is 10.2. The van der Waals surface area contributed by atoms with E-state index in [-0.39, 0.29) is 25.0 Å². The number of carboxylic acids is 1. The Hall–Kier alpha value is -1.40. The molecule has 1 amide bonds. The molecular formula is C14H19BrN2O3. The Kier molecular flexibility index (Phi) is 6.67. The van der Waals surface area contributed by atoms with Crippen molar-refractivity contribution in [3.8, 4) is 0 Å². The third kappa shape index (κ3) is 5.71. The summed E-state index contributed by atoms with van der Waals surface area (Å²) in [6, 6.07) is 7.31. The molecule has 1 unspecified atom stereocenters. The summed E-state index contributed by atoms with van der Waals surface area (Å²) in [5.74, 6) is -1.15. The number of rotatable bonds is 7. The van der Waals surface area contributed by atoms with Crippen molar-refractivity contribution in [1.29, 1.82) is 0 Å². The van der Waals surface area contributed by atoms with Crippen molar-refractivity contribution in [3.63, 3.8) is 0 Å². The molecule has 0 heterocycles. The average molecular weight is 343 g/mol. The van der Waals surface area contributed by atoms with E-state index < -0.39 is 5.97 Å². The van der Waals surface area contributed by atoms with E-state index in [1.54, 1.807) is 17.0 Å². The Bertz CT molecular complexity index is 479. The van der Waals surface area contributed by atoms with Crippen molar-refractivity contribution < 1.29 is 14.7 Å². The number of carbonyl (C=O) groups is 2. The summed E-state index contributed by atoms with van der Waals surface area (Å²) in [6.07, 6.45) is 0.789. The molecule has 2 N–H and O–H groups in total. The molecule has 0 radical (unpaired) electrons. The molecular weight excluding hydrogens is 324 g/mol. The van der Waals surface area contributed by atoms with Gasteiger partial charge in [-0.15, -0.1) is 0 Å². The zero-order valence-electron chi connectivity index (χ0n) is 11.6. The van der Waals surface area contributed by atoms with Crippen LogP contribution in [-0.4, -0.2) is 41.0 Å². The van der Waals surface area contributed by atoms with E-state index in [1.165, 1.54) is 0 Å². The molecule has 0 aliphatic carbocycles. The summed E-state index contributed by atoms with van der Waals surface area (Å²) in [5.41, 5.74) is 0.684. The standard InChI is InChI=1S/C14H19BrN2O3/c1-3-10(2)17(9-14(19)20)8-13(18)16-12-6-4-5-11(15)7-12/h4-7,10H,3,8-9H2,1-2H3,(H,16,18)(H,19,20). The monoisotopic (exact) mass is 342 g/mol. The summed E-state index contributed by atoms with van der Waals surface area (Å²) < 4.78 is 0.875. The van der Waals surface area contributed by atoms with Gasteiger partial charge in [-0.2, -0.15) is 0 Å². The molecule has 20 heavy (non-hydrogen) atoms. The number of hydrogen-bond donors (Lipinski definition) is 2. The molecule has 0 aliphatic rings. The van der Waals surface area contributed by atoms with E-state index in [0.29, 0.717) is 5.69 Å². The van der Waals surface area contributed by atoms with Crippen molar-refractivity contribution in [1.82, 2.24) is 4.90 Å². The SMILES string of the molecule is CCC(C)N(CC(=O)O)CC(=O)Nc1cccc(Br)c1. The summed E-state index contributed by atoms with van der Waals surface area (Å²) in [6.45, 7) is 3.80. The van der Waals surface area contributed by atoms with E-state index >= 15 is 0 Å². The number of halogens is 1. The van der Waals surface area contributed by atoms with Gasteiger partial charge in [0, 0.05) is 16.2 Å². The van der Waals surface area contributed by atoms with Crippen molar-refractivity contribution in [2.24, 2.45) is 0 Å². The largest absolute Gasteiger partial charge is 0.480 e. The van der Waals surface area contributed by atoms with Crippen LogP contribution in [0.3, 0.4) is 0 Å². The van der Waals surface area contributed by atoms with E-state index in [0.717, 1.165) is 10.9 Å². The van der Waals surface area contributed by atoms with E-state index in [2.05, 4.69) is 21.2 Å². The minimum atomic E-state index is -0.930. The Morgan fingerprint density at radius 2 is 2.10 bits per heavy atom. The lowest BCUT2D eigenvalue weighted by molar-refractivity contribution is -0.139. The Morgan fingerprint density at radius 3 is 2.65 bits per heavy atom. The summed E-state index contributed by atoms with van der Waals surface area (Å²) in [4.78, 5) is 24.5.